The third-order valence-corrected chi connectivity index (χ3v) is 6.21. The molecule has 188 valence electrons. The number of halogens is 3. The number of hydrogen-bond acceptors (Lipinski definition) is 4. The Hall–Kier alpha value is -3.36. The fraction of sp³-hybridized carbons (Fsp3) is 0.423. The van der Waals surface area contributed by atoms with E-state index in [0.717, 1.165) is 11.1 Å². The van der Waals surface area contributed by atoms with Crippen molar-refractivity contribution in [2.24, 2.45) is 11.8 Å². The van der Waals surface area contributed by atoms with Crippen molar-refractivity contribution < 1.29 is 27.5 Å². The third kappa shape index (κ3) is 7.56. The molecule has 0 saturated heterocycles. The minimum absolute atomic E-state index is 0.0397. The first-order valence-corrected chi connectivity index (χ1v) is 11.5. The van der Waals surface area contributed by atoms with Crippen LogP contribution in [0.4, 0.5) is 13.2 Å². The smallest absolute Gasteiger partial charge is 0.391 e. The summed E-state index contributed by atoms with van der Waals surface area (Å²) in [6, 6.07) is 9.06. The molecular weight excluding hydrogens is 459 g/mol. The van der Waals surface area contributed by atoms with Crippen molar-refractivity contribution in [2.45, 2.75) is 44.8 Å². The van der Waals surface area contributed by atoms with Crippen LogP contribution in [0.5, 0.6) is 5.88 Å². The molecule has 1 aromatic heterocycles. The normalized spacial score (nSPS) is 18.3. The van der Waals surface area contributed by atoms with Gasteiger partial charge in [-0.1, -0.05) is 36.4 Å². The molecule has 1 saturated carbocycles. The molecule has 0 spiro atoms. The van der Waals surface area contributed by atoms with Gasteiger partial charge in [-0.25, -0.2) is 4.98 Å². The van der Waals surface area contributed by atoms with Crippen molar-refractivity contribution in [3.05, 3.63) is 64.9 Å². The number of hydrogen-bond donors (Lipinski definition) is 2. The van der Waals surface area contributed by atoms with Gasteiger partial charge in [-0.3, -0.25) is 9.59 Å². The second-order valence-corrected chi connectivity index (χ2v) is 8.69. The van der Waals surface area contributed by atoms with Gasteiger partial charge in [0.25, 0.3) is 5.91 Å². The van der Waals surface area contributed by atoms with E-state index in [1.807, 2.05) is 30.3 Å². The van der Waals surface area contributed by atoms with Gasteiger partial charge >= 0.3 is 6.18 Å². The second-order valence-electron chi connectivity index (χ2n) is 8.69. The topological polar surface area (TPSA) is 80.3 Å². The quantitative estimate of drug-likeness (QED) is 0.564. The molecule has 1 aromatic carbocycles. The first-order chi connectivity index (χ1) is 16.7. The zero-order valence-electron chi connectivity index (χ0n) is 19.8. The van der Waals surface area contributed by atoms with E-state index in [2.05, 4.69) is 15.6 Å². The van der Waals surface area contributed by atoms with Crippen LogP contribution in [-0.4, -0.2) is 37.1 Å². The van der Waals surface area contributed by atoms with Gasteiger partial charge < -0.3 is 15.4 Å². The predicted octanol–water partition coefficient (Wildman–Crippen LogP) is 4.69. The number of aromatic nitrogens is 1. The molecule has 2 amide bonds. The fourth-order valence-corrected chi connectivity index (χ4v) is 4.17. The maximum atomic E-state index is 12.9. The highest BCUT2D eigenvalue weighted by Gasteiger charge is 2.40. The van der Waals surface area contributed by atoms with Crippen LogP contribution >= 0.6 is 0 Å². The summed E-state index contributed by atoms with van der Waals surface area (Å²) in [7, 11) is 3.05. The molecule has 0 bridgehead atoms. The molecule has 0 unspecified atom stereocenters. The van der Waals surface area contributed by atoms with Gasteiger partial charge in [0.15, 0.2) is 0 Å². The number of nitrogens with one attached hydrogen (secondary N) is 2. The average Bonchev–Trinajstić information content (AvgIpc) is 2.85. The van der Waals surface area contributed by atoms with E-state index in [1.165, 1.54) is 13.3 Å². The Morgan fingerprint density at radius 2 is 1.86 bits per heavy atom. The zero-order chi connectivity index (χ0) is 25.4. The largest absolute Gasteiger partial charge is 0.481 e. The van der Waals surface area contributed by atoms with Crippen molar-refractivity contribution >= 4 is 17.9 Å². The number of nitrogens with zero attached hydrogens (tertiary/aromatic N) is 1. The average molecular weight is 490 g/mol. The van der Waals surface area contributed by atoms with Crippen molar-refractivity contribution in [1.82, 2.24) is 15.6 Å². The number of likely N-dealkylation sites (N-methyl/N-ethyl adjacent to an activating group) is 1. The van der Waals surface area contributed by atoms with Crippen LogP contribution in [-0.2, 0) is 17.8 Å². The molecule has 1 aliphatic rings. The standard InChI is InChI=1S/C26H30F3N3O3/c1-30-23(33)13-18-4-3-5-19(12-18)15-31-24(34)21-14-20(25(35-2)32-16-21)9-6-17-7-10-22(11-8-17)26(27,28)29/h3-6,9,12,14,16-17,22H,7-8,10-11,13,15H2,1-2H3,(H,30,33)(H,31,34)/b9-6+. The summed E-state index contributed by atoms with van der Waals surface area (Å²) < 4.78 is 44.0. The number of methoxy groups -OCH3 is 1. The molecule has 0 radical (unpaired) electrons. The first kappa shape index (κ1) is 26.2. The molecular formula is C26H30F3N3O3. The molecule has 1 aliphatic carbocycles. The Morgan fingerprint density at radius 1 is 1.14 bits per heavy atom. The minimum atomic E-state index is -4.13. The number of rotatable bonds is 8. The molecule has 1 heterocycles. The summed E-state index contributed by atoms with van der Waals surface area (Å²) in [5.74, 6) is -1.26. The first-order valence-electron chi connectivity index (χ1n) is 11.5. The van der Waals surface area contributed by atoms with Crippen LogP contribution < -0.4 is 15.4 Å². The summed E-state index contributed by atoms with van der Waals surface area (Å²) in [5.41, 5.74) is 2.63. The van der Waals surface area contributed by atoms with E-state index >= 15 is 0 Å². The zero-order valence-corrected chi connectivity index (χ0v) is 19.8. The number of carbonyl (C=O) groups is 2. The van der Waals surface area contributed by atoms with E-state index in [1.54, 1.807) is 19.2 Å². The van der Waals surface area contributed by atoms with Crippen molar-refractivity contribution in [3.8, 4) is 5.88 Å². The molecule has 3 rings (SSSR count). The van der Waals surface area contributed by atoms with Crippen LogP contribution in [0.1, 0.15) is 52.7 Å². The van der Waals surface area contributed by atoms with E-state index in [0.29, 0.717) is 29.8 Å². The summed E-state index contributed by atoms with van der Waals surface area (Å²) in [5, 5.41) is 5.43. The molecule has 0 aliphatic heterocycles. The Labute approximate surface area is 203 Å². The summed E-state index contributed by atoms with van der Waals surface area (Å²) in [6.07, 6.45) is 2.38. The van der Waals surface area contributed by atoms with Crippen molar-refractivity contribution in [1.29, 1.82) is 0 Å². The molecule has 35 heavy (non-hydrogen) atoms. The Bertz CT molecular complexity index is 1060. The van der Waals surface area contributed by atoms with Gasteiger partial charge in [0.05, 0.1) is 25.0 Å². The van der Waals surface area contributed by atoms with Crippen LogP contribution in [0.25, 0.3) is 6.08 Å². The SMILES string of the molecule is CNC(=O)Cc1cccc(CNC(=O)c2cnc(OC)c(/C=C/C3CCC(C(F)(F)F)CC3)c2)c1. The van der Waals surface area contributed by atoms with Crippen LogP contribution in [0.2, 0.25) is 0 Å². The Kier molecular flexibility index (Phi) is 8.89. The number of alkyl halides is 3. The Balaban J connectivity index is 1.63. The van der Waals surface area contributed by atoms with Gasteiger partial charge in [-0.2, -0.15) is 13.2 Å². The van der Waals surface area contributed by atoms with Gasteiger partial charge in [0.2, 0.25) is 11.8 Å². The molecule has 9 heteroatoms. The van der Waals surface area contributed by atoms with E-state index in [4.69, 9.17) is 4.74 Å². The number of benzene rings is 1. The molecule has 0 atom stereocenters. The van der Waals surface area contributed by atoms with Crippen LogP contribution in [0.15, 0.2) is 42.6 Å². The highest BCUT2D eigenvalue weighted by atomic mass is 19.4. The molecule has 2 aromatic rings. The lowest BCUT2D eigenvalue weighted by Gasteiger charge is -2.28. The number of ether oxygens (including phenoxy) is 1. The van der Waals surface area contributed by atoms with Gasteiger partial charge in [-0.15, -0.1) is 0 Å². The lowest BCUT2D eigenvalue weighted by atomic mass is 9.81. The van der Waals surface area contributed by atoms with E-state index in [9.17, 15) is 22.8 Å². The molecule has 2 N–H and O–H groups in total. The predicted molar refractivity (Wildman–Crippen MR) is 127 cm³/mol. The maximum absolute atomic E-state index is 12.9. The molecule has 1 fully saturated rings. The lowest BCUT2D eigenvalue weighted by molar-refractivity contribution is -0.183. The highest BCUT2D eigenvalue weighted by Crippen LogP contribution is 2.40. The number of pyridine rings is 1. The van der Waals surface area contributed by atoms with Crippen molar-refractivity contribution in [3.63, 3.8) is 0 Å². The van der Waals surface area contributed by atoms with Crippen LogP contribution in [0.3, 0.4) is 0 Å². The summed E-state index contributed by atoms with van der Waals surface area (Å²) in [6.45, 7) is 0.278. The van der Waals surface area contributed by atoms with Crippen molar-refractivity contribution in [2.75, 3.05) is 14.2 Å². The Morgan fingerprint density at radius 3 is 2.51 bits per heavy atom. The van der Waals surface area contributed by atoms with Gasteiger partial charge in [0, 0.05) is 25.4 Å². The van der Waals surface area contributed by atoms with E-state index in [-0.39, 0.29) is 43.5 Å². The number of allylic oxidation sites excluding steroid dienone is 1. The van der Waals surface area contributed by atoms with E-state index < -0.39 is 12.1 Å². The summed E-state index contributed by atoms with van der Waals surface area (Å²) in [4.78, 5) is 28.5. The maximum Gasteiger partial charge on any atom is 0.391 e. The monoisotopic (exact) mass is 489 g/mol. The van der Waals surface area contributed by atoms with Gasteiger partial charge in [0.1, 0.15) is 0 Å². The van der Waals surface area contributed by atoms with Gasteiger partial charge in [-0.05, 0) is 48.8 Å². The fourth-order valence-electron chi connectivity index (χ4n) is 4.17. The lowest BCUT2D eigenvalue weighted by Crippen LogP contribution is -2.27. The minimum Gasteiger partial charge on any atom is -0.481 e. The number of carbonyl (C=O) groups excluding carboxylic acids is 2. The van der Waals surface area contributed by atoms with Crippen LogP contribution in [0, 0.1) is 11.8 Å². The summed E-state index contributed by atoms with van der Waals surface area (Å²) >= 11 is 0. The number of amides is 2. The second kappa shape index (κ2) is 11.9. The highest BCUT2D eigenvalue weighted by molar-refractivity contribution is 5.94. The third-order valence-electron chi connectivity index (χ3n) is 6.21. The molecule has 6 nitrogen and oxygen atoms in total.